The molecule has 0 atom stereocenters. The summed E-state index contributed by atoms with van der Waals surface area (Å²) < 4.78 is 10.4. The quantitative estimate of drug-likeness (QED) is 0.775. The lowest BCUT2D eigenvalue weighted by Gasteiger charge is -2.02. The van der Waals surface area contributed by atoms with Crippen LogP contribution in [-0.4, -0.2) is 4.98 Å². The molecule has 0 saturated heterocycles. The Morgan fingerprint density at radius 1 is 1.31 bits per heavy atom. The Bertz CT molecular complexity index is 499. The molecule has 0 bridgehead atoms. The van der Waals surface area contributed by atoms with E-state index < -0.39 is 0 Å². The van der Waals surface area contributed by atoms with Crippen LogP contribution in [0.15, 0.2) is 28.9 Å². The van der Waals surface area contributed by atoms with E-state index in [2.05, 4.69) is 4.98 Å². The Hall–Kier alpha value is -0.900. The SMILES string of the molecule is ClCc1coc(Oc2ccc(Cl)cc2Cl)n1. The van der Waals surface area contributed by atoms with Crippen LogP contribution in [0.4, 0.5) is 0 Å². The van der Waals surface area contributed by atoms with Crippen molar-refractivity contribution < 1.29 is 9.15 Å². The van der Waals surface area contributed by atoms with Crippen molar-refractivity contribution in [2.24, 2.45) is 0 Å². The van der Waals surface area contributed by atoms with Crippen LogP contribution in [0.1, 0.15) is 5.69 Å². The number of halogens is 3. The topological polar surface area (TPSA) is 35.3 Å². The zero-order valence-electron chi connectivity index (χ0n) is 7.91. The van der Waals surface area contributed by atoms with E-state index in [0.717, 1.165) is 0 Å². The van der Waals surface area contributed by atoms with Gasteiger partial charge in [-0.2, -0.15) is 4.98 Å². The molecule has 6 heteroatoms. The molecule has 0 amide bonds. The second-order valence-electron chi connectivity index (χ2n) is 2.92. The fourth-order valence-electron chi connectivity index (χ4n) is 1.05. The van der Waals surface area contributed by atoms with Crippen LogP contribution in [0.5, 0.6) is 11.8 Å². The lowest BCUT2D eigenvalue weighted by atomic mass is 10.3. The van der Waals surface area contributed by atoms with Crippen molar-refractivity contribution in [2.75, 3.05) is 0 Å². The molecule has 84 valence electrons. The van der Waals surface area contributed by atoms with Crippen molar-refractivity contribution in [1.29, 1.82) is 0 Å². The van der Waals surface area contributed by atoms with Crippen molar-refractivity contribution in [1.82, 2.24) is 4.98 Å². The summed E-state index contributed by atoms with van der Waals surface area (Å²) in [4.78, 5) is 3.98. The Morgan fingerprint density at radius 3 is 2.75 bits per heavy atom. The molecule has 0 aliphatic rings. The van der Waals surface area contributed by atoms with Crippen LogP contribution in [0, 0.1) is 0 Å². The van der Waals surface area contributed by atoms with E-state index in [9.17, 15) is 0 Å². The minimum absolute atomic E-state index is 0.0971. The number of aromatic nitrogens is 1. The van der Waals surface area contributed by atoms with Crippen LogP contribution in [-0.2, 0) is 5.88 Å². The first-order valence-corrected chi connectivity index (χ1v) is 5.61. The van der Waals surface area contributed by atoms with Gasteiger partial charge in [0.2, 0.25) is 0 Å². The van der Waals surface area contributed by atoms with Gasteiger partial charge in [-0.05, 0) is 18.2 Å². The molecule has 0 aliphatic heterocycles. The molecule has 0 spiro atoms. The Balaban J connectivity index is 2.20. The van der Waals surface area contributed by atoms with Crippen LogP contribution in [0.3, 0.4) is 0 Å². The Kier molecular flexibility index (Phi) is 3.59. The second-order valence-corrected chi connectivity index (χ2v) is 4.03. The highest BCUT2D eigenvalue weighted by molar-refractivity contribution is 6.35. The van der Waals surface area contributed by atoms with Gasteiger partial charge in [0.1, 0.15) is 6.26 Å². The third-order valence-electron chi connectivity index (χ3n) is 1.76. The van der Waals surface area contributed by atoms with Gasteiger partial charge in [0.05, 0.1) is 16.6 Å². The van der Waals surface area contributed by atoms with E-state index in [4.69, 9.17) is 44.0 Å². The fraction of sp³-hybridized carbons (Fsp3) is 0.100. The van der Waals surface area contributed by atoms with Crippen molar-refractivity contribution in [3.05, 3.63) is 40.2 Å². The molecular weight excluding hydrogens is 272 g/mol. The molecule has 0 aliphatic carbocycles. The molecule has 0 radical (unpaired) electrons. The summed E-state index contributed by atoms with van der Waals surface area (Å²) >= 11 is 17.2. The first-order chi connectivity index (χ1) is 7.69. The maximum atomic E-state index is 5.92. The minimum atomic E-state index is 0.0971. The van der Waals surface area contributed by atoms with E-state index in [0.29, 0.717) is 21.5 Å². The predicted octanol–water partition coefficient (Wildman–Crippen LogP) is 4.51. The molecule has 2 rings (SSSR count). The highest BCUT2D eigenvalue weighted by Crippen LogP contribution is 2.31. The number of hydrogen-bond acceptors (Lipinski definition) is 3. The summed E-state index contributed by atoms with van der Waals surface area (Å²) in [6, 6.07) is 4.87. The van der Waals surface area contributed by atoms with Gasteiger partial charge in [-0.15, -0.1) is 11.6 Å². The van der Waals surface area contributed by atoms with E-state index in [1.165, 1.54) is 6.26 Å². The summed E-state index contributed by atoms with van der Waals surface area (Å²) in [5.74, 6) is 0.690. The third-order valence-corrected chi connectivity index (χ3v) is 2.56. The van der Waals surface area contributed by atoms with Gasteiger partial charge in [-0.3, -0.25) is 0 Å². The monoisotopic (exact) mass is 277 g/mol. The molecule has 16 heavy (non-hydrogen) atoms. The van der Waals surface area contributed by atoms with E-state index in [-0.39, 0.29) is 12.0 Å². The molecular formula is C10H6Cl3NO2. The lowest BCUT2D eigenvalue weighted by molar-refractivity contribution is 0.331. The molecule has 0 saturated carbocycles. The molecule has 3 nitrogen and oxygen atoms in total. The molecule has 0 N–H and O–H groups in total. The van der Waals surface area contributed by atoms with Crippen LogP contribution >= 0.6 is 34.8 Å². The first-order valence-electron chi connectivity index (χ1n) is 4.32. The van der Waals surface area contributed by atoms with Gasteiger partial charge in [-0.25, -0.2) is 0 Å². The second kappa shape index (κ2) is 4.95. The number of oxazole rings is 1. The zero-order valence-corrected chi connectivity index (χ0v) is 10.2. The molecule has 2 aromatic rings. The average molecular weight is 279 g/mol. The highest BCUT2D eigenvalue weighted by atomic mass is 35.5. The maximum absolute atomic E-state index is 5.92. The predicted molar refractivity (Wildman–Crippen MR) is 62.6 cm³/mol. The third kappa shape index (κ3) is 2.61. The smallest absolute Gasteiger partial charge is 0.399 e. The Morgan fingerprint density at radius 2 is 2.12 bits per heavy atom. The van der Waals surface area contributed by atoms with E-state index in [1.807, 2.05) is 0 Å². The number of benzene rings is 1. The summed E-state index contributed by atoms with van der Waals surface area (Å²) in [7, 11) is 0. The fourth-order valence-corrected chi connectivity index (χ4v) is 1.62. The molecule has 1 aromatic heterocycles. The van der Waals surface area contributed by atoms with Crippen LogP contribution < -0.4 is 4.74 Å². The highest BCUT2D eigenvalue weighted by Gasteiger charge is 2.08. The zero-order chi connectivity index (χ0) is 11.5. The number of nitrogens with zero attached hydrogens (tertiary/aromatic N) is 1. The molecule has 0 fully saturated rings. The molecule has 1 heterocycles. The number of ether oxygens (including phenoxy) is 1. The van der Waals surface area contributed by atoms with Gasteiger partial charge in [0.25, 0.3) is 0 Å². The summed E-state index contributed by atoms with van der Waals surface area (Å²) in [5, 5.41) is 0.921. The number of alkyl halides is 1. The Labute approximate surface area is 107 Å². The lowest BCUT2D eigenvalue weighted by Crippen LogP contribution is -1.86. The van der Waals surface area contributed by atoms with Gasteiger partial charge in [-0.1, -0.05) is 23.2 Å². The molecule has 1 aromatic carbocycles. The first kappa shape index (κ1) is 11.6. The van der Waals surface area contributed by atoms with Crippen molar-refractivity contribution in [3.8, 4) is 11.8 Å². The van der Waals surface area contributed by atoms with Gasteiger partial charge in [0, 0.05) is 5.02 Å². The van der Waals surface area contributed by atoms with E-state index >= 15 is 0 Å². The van der Waals surface area contributed by atoms with E-state index in [1.54, 1.807) is 18.2 Å². The van der Waals surface area contributed by atoms with Crippen LogP contribution in [0.2, 0.25) is 10.0 Å². The van der Waals surface area contributed by atoms with Gasteiger partial charge < -0.3 is 9.15 Å². The van der Waals surface area contributed by atoms with Crippen molar-refractivity contribution >= 4 is 34.8 Å². The average Bonchev–Trinajstić information content (AvgIpc) is 2.70. The largest absolute Gasteiger partial charge is 0.417 e. The summed E-state index contributed by atoms with van der Waals surface area (Å²) in [6.45, 7) is 0. The minimum Gasteiger partial charge on any atom is -0.417 e. The standard InChI is InChI=1S/C10H6Cl3NO2/c11-4-7-5-15-10(14-7)16-9-2-1-6(12)3-8(9)13/h1-3,5H,4H2. The number of rotatable bonds is 3. The number of hydrogen-bond donors (Lipinski definition) is 0. The van der Waals surface area contributed by atoms with Gasteiger partial charge >= 0.3 is 6.08 Å². The summed E-state index contributed by atoms with van der Waals surface area (Å²) in [6.07, 6.45) is 1.52. The van der Waals surface area contributed by atoms with Crippen molar-refractivity contribution in [3.63, 3.8) is 0 Å². The molecule has 0 unspecified atom stereocenters. The maximum Gasteiger partial charge on any atom is 0.399 e. The van der Waals surface area contributed by atoms with Crippen molar-refractivity contribution in [2.45, 2.75) is 5.88 Å². The summed E-state index contributed by atoms with van der Waals surface area (Å²) in [5.41, 5.74) is 0.599. The van der Waals surface area contributed by atoms with Crippen LogP contribution in [0.25, 0.3) is 0 Å². The van der Waals surface area contributed by atoms with Gasteiger partial charge in [0.15, 0.2) is 5.75 Å². The normalized spacial score (nSPS) is 10.4.